The van der Waals surface area contributed by atoms with Gasteiger partial charge < -0.3 is 10.6 Å². The molecule has 6 nitrogen and oxygen atoms in total. The number of hydrogen-bond donors (Lipinski definition) is 2. The summed E-state index contributed by atoms with van der Waals surface area (Å²) in [5.74, 6) is -0.745. The van der Waals surface area contributed by atoms with E-state index in [-0.39, 0.29) is 18.4 Å². The SMILES string of the molecule is CNC(=O)CN1Cc2ccc(Cl)cc2[C@H](C(=O)Nc2cncc3cc(Cl)ccc23)C1. The second-order valence-electron chi connectivity index (χ2n) is 7.28. The highest BCUT2D eigenvalue weighted by molar-refractivity contribution is 6.31. The lowest BCUT2D eigenvalue weighted by Gasteiger charge is -2.33. The lowest BCUT2D eigenvalue weighted by Crippen LogP contribution is -2.43. The Morgan fingerprint density at radius 2 is 1.90 bits per heavy atom. The molecule has 1 atom stereocenters. The largest absolute Gasteiger partial charge is 0.358 e. The quantitative estimate of drug-likeness (QED) is 0.643. The van der Waals surface area contributed by atoms with Gasteiger partial charge in [-0.15, -0.1) is 0 Å². The molecule has 2 aromatic carbocycles. The third kappa shape index (κ3) is 4.26. The molecule has 0 spiro atoms. The minimum absolute atomic E-state index is 0.0956. The van der Waals surface area contributed by atoms with Crippen LogP contribution in [0.25, 0.3) is 10.8 Å². The molecule has 1 aliphatic rings. The van der Waals surface area contributed by atoms with Crippen LogP contribution < -0.4 is 10.6 Å². The van der Waals surface area contributed by atoms with Gasteiger partial charge in [0.05, 0.1) is 24.3 Å². The fraction of sp³-hybridized carbons (Fsp3) is 0.227. The monoisotopic (exact) mass is 442 g/mol. The Kier molecular flexibility index (Phi) is 5.90. The molecule has 0 radical (unpaired) electrons. The smallest absolute Gasteiger partial charge is 0.233 e. The summed E-state index contributed by atoms with van der Waals surface area (Å²) in [6.07, 6.45) is 3.33. The van der Waals surface area contributed by atoms with Gasteiger partial charge in [-0.1, -0.05) is 35.3 Å². The Hall–Kier alpha value is -2.67. The molecule has 30 heavy (non-hydrogen) atoms. The molecule has 1 aromatic heterocycles. The Morgan fingerprint density at radius 1 is 1.13 bits per heavy atom. The van der Waals surface area contributed by atoms with Crippen LogP contribution >= 0.6 is 23.2 Å². The van der Waals surface area contributed by atoms with E-state index in [1.165, 1.54) is 0 Å². The number of benzene rings is 2. The number of pyridine rings is 1. The maximum Gasteiger partial charge on any atom is 0.233 e. The standard InChI is InChI=1S/C22H20Cl2N4O2/c1-25-21(29)12-28-10-13-2-3-16(24)7-18(13)19(11-28)22(30)27-20-9-26-8-14-6-15(23)4-5-17(14)20/h2-9,19H,10-12H2,1H3,(H,25,29)(H,27,30)/t19-/m1/s1. The normalized spacial score (nSPS) is 16.2. The minimum atomic E-state index is -0.473. The summed E-state index contributed by atoms with van der Waals surface area (Å²) in [5.41, 5.74) is 2.48. The Bertz CT molecular complexity index is 1140. The van der Waals surface area contributed by atoms with E-state index in [1.807, 2.05) is 23.1 Å². The van der Waals surface area contributed by atoms with Gasteiger partial charge in [0, 0.05) is 47.2 Å². The summed E-state index contributed by atoms with van der Waals surface area (Å²) in [6.45, 7) is 1.21. The molecular weight excluding hydrogens is 423 g/mol. The van der Waals surface area contributed by atoms with Crippen molar-refractivity contribution in [3.05, 3.63) is 70.0 Å². The van der Waals surface area contributed by atoms with Crippen LogP contribution in [0.15, 0.2) is 48.8 Å². The first kappa shape index (κ1) is 20.6. The third-order valence-corrected chi connectivity index (χ3v) is 5.73. The van der Waals surface area contributed by atoms with E-state index in [4.69, 9.17) is 23.2 Å². The summed E-state index contributed by atoms with van der Waals surface area (Å²) in [6, 6.07) is 11.0. The highest BCUT2D eigenvalue weighted by Crippen LogP contribution is 2.32. The molecule has 4 rings (SSSR count). The molecule has 3 aromatic rings. The summed E-state index contributed by atoms with van der Waals surface area (Å²) in [7, 11) is 1.60. The first-order chi connectivity index (χ1) is 14.4. The predicted molar refractivity (Wildman–Crippen MR) is 119 cm³/mol. The molecule has 0 aliphatic carbocycles. The van der Waals surface area contributed by atoms with Gasteiger partial charge in [0.1, 0.15) is 0 Å². The van der Waals surface area contributed by atoms with E-state index < -0.39 is 5.92 Å². The average molecular weight is 443 g/mol. The second kappa shape index (κ2) is 8.60. The highest BCUT2D eigenvalue weighted by atomic mass is 35.5. The van der Waals surface area contributed by atoms with Crippen molar-refractivity contribution in [2.24, 2.45) is 0 Å². The van der Waals surface area contributed by atoms with Crippen molar-refractivity contribution in [1.82, 2.24) is 15.2 Å². The van der Waals surface area contributed by atoms with Gasteiger partial charge in [-0.05, 0) is 35.4 Å². The van der Waals surface area contributed by atoms with E-state index in [1.54, 1.807) is 37.6 Å². The van der Waals surface area contributed by atoms with Gasteiger partial charge in [-0.3, -0.25) is 19.5 Å². The number of anilines is 1. The topological polar surface area (TPSA) is 74.3 Å². The molecule has 2 amide bonds. The molecule has 8 heteroatoms. The molecule has 154 valence electrons. The Balaban J connectivity index is 1.65. The fourth-order valence-electron chi connectivity index (χ4n) is 3.79. The number of carbonyl (C=O) groups is 2. The fourth-order valence-corrected chi connectivity index (χ4v) is 4.15. The van der Waals surface area contributed by atoms with Crippen molar-refractivity contribution in [3.8, 4) is 0 Å². The highest BCUT2D eigenvalue weighted by Gasteiger charge is 2.31. The number of nitrogens with zero attached hydrogens (tertiary/aromatic N) is 2. The van der Waals surface area contributed by atoms with E-state index in [9.17, 15) is 9.59 Å². The van der Waals surface area contributed by atoms with Gasteiger partial charge in [0.15, 0.2) is 0 Å². The molecule has 2 N–H and O–H groups in total. The van der Waals surface area contributed by atoms with Crippen molar-refractivity contribution in [3.63, 3.8) is 0 Å². The molecule has 0 saturated heterocycles. The number of rotatable bonds is 4. The van der Waals surface area contributed by atoms with Crippen molar-refractivity contribution in [2.75, 3.05) is 25.5 Å². The number of amides is 2. The summed E-state index contributed by atoms with van der Waals surface area (Å²) < 4.78 is 0. The summed E-state index contributed by atoms with van der Waals surface area (Å²) in [5, 5.41) is 8.52. The minimum Gasteiger partial charge on any atom is -0.358 e. The van der Waals surface area contributed by atoms with Crippen LogP contribution in [0.1, 0.15) is 17.0 Å². The number of carbonyl (C=O) groups excluding carboxylic acids is 2. The zero-order chi connectivity index (χ0) is 21.3. The first-order valence-electron chi connectivity index (χ1n) is 9.50. The van der Waals surface area contributed by atoms with Crippen molar-refractivity contribution in [1.29, 1.82) is 0 Å². The lowest BCUT2D eigenvalue weighted by atomic mass is 9.89. The van der Waals surface area contributed by atoms with Gasteiger partial charge in [-0.2, -0.15) is 0 Å². The van der Waals surface area contributed by atoms with E-state index >= 15 is 0 Å². The zero-order valence-electron chi connectivity index (χ0n) is 16.3. The number of nitrogens with one attached hydrogen (secondary N) is 2. The predicted octanol–water partition coefficient (Wildman–Crippen LogP) is 3.83. The van der Waals surface area contributed by atoms with Gasteiger partial charge in [-0.25, -0.2) is 0 Å². The van der Waals surface area contributed by atoms with E-state index in [0.29, 0.717) is 28.8 Å². The number of halogens is 2. The van der Waals surface area contributed by atoms with E-state index in [0.717, 1.165) is 21.9 Å². The maximum absolute atomic E-state index is 13.3. The molecular formula is C22H20Cl2N4O2. The molecule has 2 heterocycles. The molecule has 0 saturated carbocycles. The molecule has 0 bridgehead atoms. The number of fused-ring (bicyclic) bond motifs is 2. The van der Waals surface area contributed by atoms with Crippen LogP contribution in [-0.2, 0) is 16.1 Å². The van der Waals surface area contributed by atoms with Crippen LogP contribution in [0.3, 0.4) is 0 Å². The number of aromatic nitrogens is 1. The maximum atomic E-state index is 13.3. The van der Waals surface area contributed by atoms with Gasteiger partial charge in [0.25, 0.3) is 0 Å². The van der Waals surface area contributed by atoms with Crippen LogP contribution in [0.4, 0.5) is 5.69 Å². The summed E-state index contributed by atoms with van der Waals surface area (Å²) >= 11 is 12.3. The van der Waals surface area contributed by atoms with Crippen molar-refractivity contribution >= 4 is 51.5 Å². The first-order valence-corrected chi connectivity index (χ1v) is 10.3. The number of hydrogen-bond acceptors (Lipinski definition) is 4. The van der Waals surface area contributed by atoms with Crippen molar-refractivity contribution < 1.29 is 9.59 Å². The molecule has 1 aliphatic heterocycles. The number of likely N-dealkylation sites (N-methyl/N-ethyl adjacent to an activating group) is 1. The van der Waals surface area contributed by atoms with Crippen molar-refractivity contribution in [2.45, 2.75) is 12.5 Å². The molecule has 0 unspecified atom stereocenters. The third-order valence-electron chi connectivity index (χ3n) is 5.26. The Morgan fingerprint density at radius 3 is 2.70 bits per heavy atom. The lowest BCUT2D eigenvalue weighted by molar-refractivity contribution is -0.123. The summed E-state index contributed by atoms with van der Waals surface area (Å²) in [4.78, 5) is 31.4. The van der Waals surface area contributed by atoms with Crippen LogP contribution in [-0.4, -0.2) is 41.8 Å². The zero-order valence-corrected chi connectivity index (χ0v) is 17.8. The average Bonchev–Trinajstić information content (AvgIpc) is 2.73. The van der Waals surface area contributed by atoms with Gasteiger partial charge >= 0.3 is 0 Å². The van der Waals surface area contributed by atoms with E-state index in [2.05, 4.69) is 15.6 Å². The van der Waals surface area contributed by atoms with Crippen LogP contribution in [0, 0.1) is 0 Å². The van der Waals surface area contributed by atoms with Crippen LogP contribution in [0.2, 0.25) is 10.0 Å². The molecule has 0 fully saturated rings. The van der Waals surface area contributed by atoms with Gasteiger partial charge in [0.2, 0.25) is 11.8 Å². The Labute approximate surface area is 184 Å². The van der Waals surface area contributed by atoms with Crippen LogP contribution in [0.5, 0.6) is 0 Å². The second-order valence-corrected chi connectivity index (χ2v) is 8.15.